The Morgan fingerprint density at radius 2 is 1.35 bits per heavy atom. The predicted octanol–water partition coefficient (Wildman–Crippen LogP) is 4.75. The van der Waals surface area contributed by atoms with Crippen LogP contribution in [0.5, 0.6) is 0 Å². The van der Waals surface area contributed by atoms with Gasteiger partial charge in [-0.05, 0) is 53.9 Å². The maximum Gasteiger partial charge on any atom is 0.149 e. The summed E-state index contributed by atoms with van der Waals surface area (Å²) in [6.07, 6.45) is 2.84. The van der Waals surface area contributed by atoms with Crippen molar-refractivity contribution < 1.29 is 9.47 Å². The third kappa shape index (κ3) is 4.93. The summed E-state index contributed by atoms with van der Waals surface area (Å²) in [6.45, 7) is 9.17. The van der Waals surface area contributed by atoms with Crippen LogP contribution in [0.15, 0.2) is 78.0 Å². The number of rotatable bonds is 6. The van der Waals surface area contributed by atoms with Crippen LogP contribution in [0.1, 0.15) is 30.5 Å². The molecule has 1 aromatic heterocycles. The van der Waals surface area contributed by atoms with Gasteiger partial charge in [0.05, 0.1) is 38.2 Å². The molecule has 3 aromatic rings. The topological polar surface area (TPSA) is 53.4 Å². The second kappa shape index (κ2) is 10.9. The van der Waals surface area contributed by atoms with E-state index < -0.39 is 0 Å². The number of hydrogen-bond donors (Lipinski definition) is 0. The summed E-state index contributed by atoms with van der Waals surface area (Å²) in [5.41, 5.74) is 6.07. The lowest BCUT2D eigenvalue weighted by atomic mass is 9.85. The molecule has 2 atom stereocenters. The Labute approximate surface area is 219 Å². The molecule has 0 aliphatic carbocycles. The van der Waals surface area contributed by atoms with Crippen LogP contribution in [-0.4, -0.2) is 63.3 Å². The first kappa shape index (κ1) is 23.9. The first-order valence-electron chi connectivity index (χ1n) is 13.5. The van der Waals surface area contributed by atoms with Gasteiger partial charge in [-0.15, -0.1) is 0 Å². The van der Waals surface area contributed by atoms with Crippen LogP contribution in [0.4, 0.5) is 17.2 Å². The van der Waals surface area contributed by atoms with Crippen LogP contribution in [0, 0.1) is 5.92 Å². The van der Waals surface area contributed by atoms with Crippen molar-refractivity contribution in [2.24, 2.45) is 11.0 Å². The molecule has 2 saturated heterocycles. The number of hydrazone groups is 1. The normalized spacial score (nSPS) is 22.3. The van der Waals surface area contributed by atoms with Gasteiger partial charge < -0.3 is 19.3 Å². The Hall–Kier alpha value is -3.42. The second-order valence-corrected chi connectivity index (χ2v) is 9.81. The standard InChI is InChI=1S/C30H35N5O2/c1-2-27-29(23-6-10-25(11-7-23)33-15-19-36-20-16-33)32-35(28-5-3-4-14-31-28)30(27)24-8-12-26(13-9-24)34-17-21-37-22-18-34/h3-14,27,30H,2,15-22H2,1H3. The highest BCUT2D eigenvalue weighted by atomic mass is 16.5. The molecule has 0 radical (unpaired) electrons. The molecule has 0 bridgehead atoms. The quantitative estimate of drug-likeness (QED) is 0.490. The van der Waals surface area contributed by atoms with E-state index in [0.29, 0.717) is 0 Å². The number of aromatic nitrogens is 1. The van der Waals surface area contributed by atoms with E-state index in [1.54, 1.807) is 0 Å². The fourth-order valence-electron chi connectivity index (χ4n) is 5.69. The molecule has 0 saturated carbocycles. The van der Waals surface area contributed by atoms with E-state index in [1.165, 1.54) is 22.5 Å². The van der Waals surface area contributed by atoms with Crippen molar-refractivity contribution in [3.63, 3.8) is 0 Å². The number of hydrogen-bond acceptors (Lipinski definition) is 7. The molecule has 2 unspecified atom stereocenters. The number of anilines is 3. The first-order valence-corrected chi connectivity index (χ1v) is 13.5. The molecule has 37 heavy (non-hydrogen) atoms. The first-order chi connectivity index (χ1) is 18.3. The summed E-state index contributed by atoms with van der Waals surface area (Å²) in [6, 6.07) is 24.1. The van der Waals surface area contributed by atoms with Crippen molar-refractivity contribution in [3.8, 4) is 0 Å². The fraction of sp³-hybridized carbons (Fsp3) is 0.400. The highest BCUT2D eigenvalue weighted by Crippen LogP contribution is 2.42. The predicted molar refractivity (Wildman–Crippen MR) is 149 cm³/mol. The Morgan fingerprint density at radius 1 is 0.757 bits per heavy atom. The molecule has 0 amide bonds. The zero-order valence-electron chi connectivity index (χ0n) is 21.5. The van der Waals surface area contributed by atoms with Gasteiger partial charge in [0.2, 0.25) is 0 Å². The molecular formula is C30H35N5O2. The van der Waals surface area contributed by atoms with Crippen LogP contribution in [-0.2, 0) is 9.47 Å². The summed E-state index contributed by atoms with van der Waals surface area (Å²) < 4.78 is 11.1. The van der Waals surface area contributed by atoms with E-state index in [0.717, 1.165) is 70.6 Å². The van der Waals surface area contributed by atoms with Gasteiger partial charge in [-0.3, -0.25) is 0 Å². The molecule has 0 N–H and O–H groups in total. The summed E-state index contributed by atoms with van der Waals surface area (Å²) >= 11 is 0. The minimum Gasteiger partial charge on any atom is -0.378 e. The van der Waals surface area contributed by atoms with E-state index in [4.69, 9.17) is 14.6 Å². The largest absolute Gasteiger partial charge is 0.378 e. The van der Waals surface area contributed by atoms with E-state index in [9.17, 15) is 0 Å². The van der Waals surface area contributed by atoms with Crippen molar-refractivity contribution in [1.29, 1.82) is 0 Å². The molecule has 0 spiro atoms. The third-order valence-electron chi connectivity index (χ3n) is 7.69. The highest BCUT2D eigenvalue weighted by Gasteiger charge is 2.39. The monoisotopic (exact) mass is 497 g/mol. The summed E-state index contributed by atoms with van der Waals surface area (Å²) in [5, 5.41) is 7.35. The Bertz CT molecular complexity index is 1190. The molecule has 7 nitrogen and oxygen atoms in total. The number of morpholine rings is 2. The van der Waals surface area contributed by atoms with Gasteiger partial charge >= 0.3 is 0 Å². The Kier molecular flexibility index (Phi) is 7.06. The summed E-state index contributed by atoms with van der Waals surface area (Å²) in [4.78, 5) is 9.46. The van der Waals surface area contributed by atoms with Gasteiger partial charge in [0, 0.05) is 49.7 Å². The van der Waals surface area contributed by atoms with E-state index in [2.05, 4.69) is 81.3 Å². The number of nitrogens with zero attached hydrogens (tertiary/aromatic N) is 5. The molecule has 192 valence electrons. The number of pyridine rings is 1. The average molecular weight is 498 g/mol. The SMILES string of the molecule is CCC1C(c2ccc(N3CCOCC3)cc2)=NN(c2ccccn2)C1c1ccc(N2CCOCC2)cc1. The van der Waals surface area contributed by atoms with Crippen LogP contribution < -0.4 is 14.8 Å². The van der Waals surface area contributed by atoms with Crippen molar-refractivity contribution in [3.05, 3.63) is 84.1 Å². The van der Waals surface area contributed by atoms with Gasteiger partial charge in [0.15, 0.2) is 0 Å². The number of benzene rings is 2. The van der Waals surface area contributed by atoms with Crippen LogP contribution in [0.3, 0.4) is 0 Å². The molecular weight excluding hydrogens is 462 g/mol. The summed E-state index contributed by atoms with van der Waals surface area (Å²) in [5.74, 6) is 1.13. The fourth-order valence-corrected chi connectivity index (χ4v) is 5.69. The lowest BCUT2D eigenvalue weighted by Crippen LogP contribution is -2.36. The van der Waals surface area contributed by atoms with E-state index >= 15 is 0 Å². The molecule has 2 fully saturated rings. The van der Waals surface area contributed by atoms with Gasteiger partial charge in [-0.25, -0.2) is 9.99 Å². The van der Waals surface area contributed by atoms with Crippen molar-refractivity contribution in [1.82, 2.24) is 4.98 Å². The van der Waals surface area contributed by atoms with Crippen LogP contribution >= 0.6 is 0 Å². The molecule has 6 rings (SSSR count). The minimum absolute atomic E-state index is 0.0903. The van der Waals surface area contributed by atoms with E-state index in [-0.39, 0.29) is 12.0 Å². The maximum absolute atomic E-state index is 5.53. The van der Waals surface area contributed by atoms with Crippen molar-refractivity contribution in [2.45, 2.75) is 19.4 Å². The zero-order valence-corrected chi connectivity index (χ0v) is 21.5. The molecule has 4 heterocycles. The van der Waals surface area contributed by atoms with Crippen LogP contribution in [0.25, 0.3) is 0 Å². The lowest BCUT2D eigenvalue weighted by molar-refractivity contribution is 0.122. The van der Waals surface area contributed by atoms with Gasteiger partial charge in [-0.2, -0.15) is 5.10 Å². The maximum atomic E-state index is 5.53. The van der Waals surface area contributed by atoms with E-state index in [1.807, 2.05) is 18.3 Å². The Balaban J connectivity index is 1.31. The van der Waals surface area contributed by atoms with Gasteiger partial charge in [0.25, 0.3) is 0 Å². The molecule has 2 aromatic carbocycles. The summed E-state index contributed by atoms with van der Waals surface area (Å²) in [7, 11) is 0. The smallest absolute Gasteiger partial charge is 0.149 e. The second-order valence-electron chi connectivity index (χ2n) is 9.81. The molecule has 7 heteroatoms. The number of ether oxygens (including phenoxy) is 2. The third-order valence-corrected chi connectivity index (χ3v) is 7.69. The van der Waals surface area contributed by atoms with Crippen molar-refractivity contribution >= 4 is 22.9 Å². The minimum atomic E-state index is 0.0903. The Morgan fingerprint density at radius 3 is 1.89 bits per heavy atom. The van der Waals surface area contributed by atoms with Gasteiger partial charge in [0.1, 0.15) is 5.82 Å². The average Bonchev–Trinajstić information content (AvgIpc) is 3.38. The van der Waals surface area contributed by atoms with Gasteiger partial charge in [-0.1, -0.05) is 37.3 Å². The lowest BCUT2D eigenvalue weighted by Gasteiger charge is -2.30. The highest BCUT2D eigenvalue weighted by molar-refractivity contribution is 6.05. The molecule has 3 aliphatic rings. The van der Waals surface area contributed by atoms with Crippen LogP contribution in [0.2, 0.25) is 0 Å². The van der Waals surface area contributed by atoms with Crippen molar-refractivity contribution in [2.75, 3.05) is 67.4 Å². The zero-order chi connectivity index (χ0) is 25.0. The molecule has 3 aliphatic heterocycles.